The predicted molar refractivity (Wildman–Crippen MR) is 78.2 cm³/mol. The van der Waals surface area contributed by atoms with E-state index in [-0.39, 0.29) is 23.1 Å². The second-order valence-corrected chi connectivity index (χ2v) is 6.51. The van der Waals surface area contributed by atoms with Gasteiger partial charge in [0.1, 0.15) is 0 Å². The van der Waals surface area contributed by atoms with Crippen LogP contribution >= 0.6 is 0 Å². The van der Waals surface area contributed by atoms with Crippen molar-refractivity contribution >= 4 is 11.8 Å². The molecule has 20 heavy (non-hydrogen) atoms. The molecule has 5 heteroatoms. The zero-order valence-corrected chi connectivity index (χ0v) is 12.5. The first kappa shape index (κ1) is 15.3. The molecule has 2 aliphatic rings. The molecule has 3 N–H and O–H groups in total. The Bertz CT molecular complexity index is 347. The SMILES string of the molecule is CC1(CNC(=O)CCCNC(=O)C2CC2)CCNCC1. The highest BCUT2D eigenvalue weighted by molar-refractivity contribution is 5.81. The van der Waals surface area contributed by atoms with Crippen molar-refractivity contribution in [2.75, 3.05) is 26.2 Å². The van der Waals surface area contributed by atoms with Crippen LogP contribution in [-0.4, -0.2) is 38.0 Å². The summed E-state index contributed by atoms with van der Waals surface area (Å²) in [6, 6.07) is 0. The molecule has 0 unspecified atom stereocenters. The van der Waals surface area contributed by atoms with Gasteiger partial charge in [0, 0.05) is 25.4 Å². The van der Waals surface area contributed by atoms with E-state index in [9.17, 15) is 9.59 Å². The minimum Gasteiger partial charge on any atom is -0.356 e. The van der Waals surface area contributed by atoms with Crippen LogP contribution in [0.1, 0.15) is 45.4 Å². The molecule has 2 rings (SSSR count). The smallest absolute Gasteiger partial charge is 0.223 e. The van der Waals surface area contributed by atoms with Crippen LogP contribution < -0.4 is 16.0 Å². The summed E-state index contributed by atoms with van der Waals surface area (Å²) in [7, 11) is 0. The first-order chi connectivity index (χ1) is 9.59. The Morgan fingerprint density at radius 3 is 2.55 bits per heavy atom. The lowest BCUT2D eigenvalue weighted by molar-refractivity contribution is -0.123. The van der Waals surface area contributed by atoms with Crippen molar-refractivity contribution in [3.05, 3.63) is 0 Å². The van der Waals surface area contributed by atoms with Crippen LogP contribution in [0.5, 0.6) is 0 Å². The Balaban J connectivity index is 1.52. The molecule has 2 amide bonds. The lowest BCUT2D eigenvalue weighted by Crippen LogP contribution is -2.43. The monoisotopic (exact) mass is 281 g/mol. The Hall–Kier alpha value is -1.10. The molecule has 0 radical (unpaired) electrons. The molecule has 0 aromatic heterocycles. The van der Waals surface area contributed by atoms with Crippen LogP contribution in [0.15, 0.2) is 0 Å². The van der Waals surface area contributed by atoms with E-state index < -0.39 is 0 Å². The average Bonchev–Trinajstić information content (AvgIpc) is 3.27. The van der Waals surface area contributed by atoms with Crippen LogP contribution in [-0.2, 0) is 9.59 Å². The number of carbonyl (C=O) groups is 2. The van der Waals surface area contributed by atoms with Gasteiger partial charge in [0.05, 0.1) is 0 Å². The maximum atomic E-state index is 11.8. The zero-order valence-electron chi connectivity index (χ0n) is 12.5. The standard InChI is InChI=1S/C15H27N3O2/c1-15(6-9-16-10-7-15)11-18-13(19)3-2-8-17-14(20)12-4-5-12/h12,16H,2-11H2,1H3,(H,17,20)(H,18,19). The molecule has 1 heterocycles. The summed E-state index contributed by atoms with van der Waals surface area (Å²) >= 11 is 0. The van der Waals surface area contributed by atoms with Crippen LogP contribution in [0, 0.1) is 11.3 Å². The number of carbonyl (C=O) groups excluding carboxylic acids is 2. The number of nitrogens with one attached hydrogen (secondary N) is 3. The zero-order chi connectivity index (χ0) is 14.4. The largest absolute Gasteiger partial charge is 0.356 e. The third kappa shape index (κ3) is 5.12. The Labute approximate surface area is 121 Å². The highest BCUT2D eigenvalue weighted by Crippen LogP contribution is 2.28. The summed E-state index contributed by atoms with van der Waals surface area (Å²) < 4.78 is 0. The van der Waals surface area contributed by atoms with Gasteiger partial charge in [0.25, 0.3) is 0 Å². The molecule has 0 atom stereocenters. The lowest BCUT2D eigenvalue weighted by Gasteiger charge is -2.34. The van der Waals surface area contributed by atoms with E-state index in [1.165, 1.54) is 0 Å². The number of hydrogen-bond donors (Lipinski definition) is 3. The van der Waals surface area contributed by atoms with Gasteiger partial charge in [-0.15, -0.1) is 0 Å². The van der Waals surface area contributed by atoms with Gasteiger partial charge in [-0.2, -0.15) is 0 Å². The second kappa shape index (κ2) is 7.07. The van der Waals surface area contributed by atoms with Crippen LogP contribution in [0.3, 0.4) is 0 Å². The number of rotatable bonds is 7. The summed E-state index contributed by atoms with van der Waals surface area (Å²) in [6.07, 6.45) is 5.51. The van der Waals surface area contributed by atoms with E-state index in [4.69, 9.17) is 0 Å². The topological polar surface area (TPSA) is 70.2 Å². The van der Waals surface area contributed by atoms with Crippen LogP contribution in [0.2, 0.25) is 0 Å². The van der Waals surface area contributed by atoms with E-state index in [0.717, 1.165) is 51.7 Å². The van der Waals surface area contributed by atoms with Crippen molar-refractivity contribution in [3.63, 3.8) is 0 Å². The number of hydrogen-bond acceptors (Lipinski definition) is 3. The fourth-order valence-corrected chi connectivity index (χ4v) is 2.56. The summed E-state index contributed by atoms with van der Waals surface area (Å²) in [5.41, 5.74) is 0.237. The molecule has 0 aromatic carbocycles. The Morgan fingerprint density at radius 1 is 1.20 bits per heavy atom. The fourth-order valence-electron chi connectivity index (χ4n) is 2.56. The van der Waals surface area contributed by atoms with Crippen molar-refractivity contribution < 1.29 is 9.59 Å². The molecule has 1 saturated heterocycles. The van der Waals surface area contributed by atoms with Crippen molar-refractivity contribution in [1.82, 2.24) is 16.0 Å². The molecule has 1 aliphatic heterocycles. The molecule has 0 spiro atoms. The predicted octanol–water partition coefficient (Wildman–Crippen LogP) is 0.799. The van der Waals surface area contributed by atoms with Crippen molar-refractivity contribution in [3.8, 4) is 0 Å². The van der Waals surface area contributed by atoms with E-state index in [2.05, 4.69) is 22.9 Å². The molecule has 1 saturated carbocycles. The first-order valence-electron chi connectivity index (χ1n) is 7.84. The van der Waals surface area contributed by atoms with Gasteiger partial charge in [0.2, 0.25) is 11.8 Å². The molecule has 5 nitrogen and oxygen atoms in total. The van der Waals surface area contributed by atoms with Gasteiger partial charge in [0.15, 0.2) is 0 Å². The molecular weight excluding hydrogens is 254 g/mol. The molecular formula is C15H27N3O2. The molecule has 114 valence electrons. The number of piperidine rings is 1. The average molecular weight is 281 g/mol. The third-order valence-electron chi connectivity index (χ3n) is 4.35. The normalized spacial score (nSPS) is 21.2. The molecule has 2 fully saturated rings. The summed E-state index contributed by atoms with van der Waals surface area (Å²) in [5.74, 6) is 0.516. The highest BCUT2D eigenvalue weighted by Gasteiger charge is 2.29. The molecule has 0 bridgehead atoms. The quantitative estimate of drug-likeness (QED) is 0.605. The van der Waals surface area contributed by atoms with Crippen molar-refractivity contribution in [2.45, 2.75) is 45.4 Å². The van der Waals surface area contributed by atoms with Gasteiger partial charge in [-0.05, 0) is 50.6 Å². The van der Waals surface area contributed by atoms with Crippen molar-refractivity contribution in [2.24, 2.45) is 11.3 Å². The minimum atomic E-state index is 0.102. The number of amides is 2. The van der Waals surface area contributed by atoms with E-state index in [1.54, 1.807) is 0 Å². The van der Waals surface area contributed by atoms with Crippen LogP contribution in [0.25, 0.3) is 0 Å². The maximum Gasteiger partial charge on any atom is 0.223 e. The van der Waals surface area contributed by atoms with Crippen molar-refractivity contribution in [1.29, 1.82) is 0 Å². The van der Waals surface area contributed by atoms with Gasteiger partial charge >= 0.3 is 0 Å². The maximum absolute atomic E-state index is 11.8. The first-order valence-corrected chi connectivity index (χ1v) is 7.84. The van der Waals surface area contributed by atoms with E-state index >= 15 is 0 Å². The summed E-state index contributed by atoms with van der Waals surface area (Å²) in [6.45, 7) is 5.70. The van der Waals surface area contributed by atoms with Crippen LogP contribution in [0.4, 0.5) is 0 Å². The lowest BCUT2D eigenvalue weighted by atomic mass is 9.81. The van der Waals surface area contributed by atoms with Gasteiger partial charge in [-0.1, -0.05) is 6.92 Å². The molecule has 0 aromatic rings. The van der Waals surface area contributed by atoms with Gasteiger partial charge in [-0.25, -0.2) is 0 Å². The van der Waals surface area contributed by atoms with E-state index in [0.29, 0.717) is 13.0 Å². The fraction of sp³-hybridized carbons (Fsp3) is 0.867. The third-order valence-corrected chi connectivity index (χ3v) is 4.35. The summed E-state index contributed by atoms with van der Waals surface area (Å²) in [5, 5.41) is 9.26. The second-order valence-electron chi connectivity index (χ2n) is 6.51. The van der Waals surface area contributed by atoms with Gasteiger partial charge in [-0.3, -0.25) is 9.59 Å². The Morgan fingerprint density at radius 2 is 1.90 bits per heavy atom. The van der Waals surface area contributed by atoms with E-state index in [1.807, 2.05) is 0 Å². The molecule has 1 aliphatic carbocycles. The minimum absolute atomic E-state index is 0.102. The Kier molecular flexibility index (Phi) is 5.40. The summed E-state index contributed by atoms with van der Waals surface area (Å²) in [4.78, 5) is 23.2. The highest BCUT2D eigenvalue weighted by atomic mass is 16.2. The van der Waals surface area contributed by atoms with Gasteiger partial charge < -0.3 is 16.0 Å².